The van der Waals surface area contributed by atoms with Crippen LogP contribution in [0.5, 0.6) is 11.5 Å². The minimum absolute atomic E-state index is 0.0380. The molecule has 1 saturated heterocycles. The molecular formula is C36H33NO4S. The first-order chi connectivity index (χ1) is 20.7. The van der Waals surface area contributed by atoms with E-state index in [0.29, 0.717) is 29.0 Å². The number of carbonyl (C=O) groups excluding carboxylic acids is 2. The molecule has 4 aromatic rings. The molecule has 0 radical (unpaired) electrons. The second-order valence-corrected chi connectivity index (χ2v) is 11.6. The van der Waals surface area contributed by atoms with Gasteiger partial charge in [-0.05, 0) is 98.9 Å². The fraction of sp³-hybridized carbons (Fsp3) is 0.222. The summed E-state index contributed by atoms with van der Waals surface area (Å²) < 4.78 is 12.5. The van der Waals surface area contributed by atoms with E-state index < -0.39 is 5.97 Å². The van der Waals surface area contributed by atoms with Crippen LogP contribution in [0.4, 0.5) is 0 Å². The lowest BCUT2D eigenvalue weighted by molar-refractivity contribution is 0.0734. The van der Waals surface area contributed by atoms with E-state index in [0.717, 1.165) is 45.7 Å². The highest BCUT2D eigenvalue weighted by Gasteiger charge is 2.23. The predicted octanol–water partition coefficient (Wildman–Crippen LogP) is 8.12. The minimum atomic E-state index is -0.414. The predicted molar refractivity (Wildman–Crippen MR) is 170 cm³/mol. The molecule has 0 amide bonds. The van der Waals surface area contributed by atoms with Gasteiger partial charge in [0.15, 0.2) is 5.78 Å². The van der Waals surface area contributed by atoms with Crippen LogP contribution < -0.4 is 9.47 Å². The highest BCUT2D eigenvalue weighted by molar-refractivity contribution is 7.20. The molecule has 0 unspecified atom stereocenters. The quantitative estimate of drug-likeness (QED) is 0.0827. The van der Waals surface area contributed by atoms with Crippen molar-refractivity contribution >= 4 is 38.7 Å². The van der Waals surface area contributed by atoms with Gasteiger partial charge in [-0.25, -0.2) is 4.79 Å². The molecule has 6 heteroatoms. The lowest BCUT2D eigenvalue weighted by Gasteiger charge is -2.14. The molecule has 212 valence electrons. The first-order valence-electron chi connectivity index (χ1n) is 14.5. The molecule has 2 heterocycles. The van der Waals surface area contributed by atoms with Gasteiger partial charge < -0.3 is 14.4 Å². The van der Waals surface area contributed by atoms with E-state index in [2.05, 4.69) is 17.1 Å². The molecule has 0 saturated carbocycles. The Labute approximate surface area is 250 Å². The van der Waals surface area contributed by atoms with Crippen LogP contribution in [0.3, 0.4) is 0 Å². The maximum absolute atomic E-state index is 14.0. The summed E-state index contributed by atoms with van der Waals surface area (Å²) in [5.41, 5.74) is 2.84. The Hall–Kier alpha value is -4.26. The van der Waals surface area contributed by atoms with Crippen LogP contribution >= 0.6 is 11.3 Å². The zero-order valence-corrected chi connectivity index (χ0v) is 24.3. The molecule has 3 aromatic carbocycles. The van der Waals surface area contributed by atoms with Crippen molar-refractivity contribution in [3.8, 4) is 11.5 Å². The second-order valence-electron chi connectivity index (χ2n) is 10.5. The number of likely N-dealkylation sites (tertiary alicyclic amines) is 1. The van der Waals surface area contributed by atoms with Gasteiger partial charge in [0, 0.05) is 32.6 Å². The van der Waals surface area contributed by atoms with Crippen LogP contribution in [-0.2, 0) is 0 Å². The average molecular weight is 576 g/mol. The molecule has 5 nitrogen and oxygen atoms in total. The smallest absolute Gasteiger partial charge is 0.343 e. The Morgan fingerprint density at radius 2 is 1.62 bits per heavy atom. The topological polar surface area (TPSA) is 55.8 Å². The van der Waals surface area contributed by atoms with Gasteiger partial charge in [-0.2, -0.15) is 0 Å². The van der Waals surface area contributed by atoms with Crippen LogP contribution in [-0.4, -0.2) is 42.9 Å². The molecule has 1 fully saturated rings. The maximum atomic E-state index is 14.0. The highest BCUT2D eigenvalue weighted by Crippen LogP contribution is 2.40. The third kappa shape index (κ3) is 6.46. The van der Waals surface area contributed by atoms with Crippen molar-refractivity contribution < 1.29 is 19.1 Å². The number of carbonyl (C=O) groups is 2. The lowest BCUT2D eigenvalue weighted by Crippen LogP contribution is -2.21. The van der Waals surface area contributed by atoms with Crippen LogP contribution in [0.15, 0.2) is 103 Å². The van der Waals surface area contributed by atoms with E-state index in [1.54, 1.807) is 41.7 Å². The van der Waals surface area contributed by atoms with E-state index in [1.165, 1.54) is 25.9 Å². The molecule has 1 aliphatic heterocycles. The van der Waals surface area contributed by atoms with Gasteiger partial charge in [0.1, 0.15) is 11.5 Å². The molecule has 0 atom stereocenters. The summed E-state index contributed by atoms with van der Waals surface area (Å²) in [6.07, 6.45) is 14.5. The second kappa shape index (κ2) is 13.1. The van der Waals surface area contributed by atoms with Gasteiger partial charge in [-0.15, -0.1) is 11.3 Å². The number of ether oxygens (including phenoxy) is 2. The molecule has 6 rings (SSSR count). The number of ketones is 1. The van der Waals surface area contributed by atoms with Crippen molar-refractivity contribution in [3.05, 3.63) is 125 Å². The molecule has 2 aliphatic rings. The van der Waals surface area contributed by atoms with Crippen LogP contribution in [0.25, 0.3) is 15.7 Å². The SMILES string of the molecule is O=C(Oc1ccc2c(C(=O)c3ccc(OCCCN4CCCC4)cc3)c(C3=CC=CC=CC3)sc2c1)c1ccccc1. The number of allylic oxidation sites excluding steroid dienone is 6. The molecule has 1 aliphatic carbocycles. The summed E-state index contributed by atoms with van der Waals surface area (Å²) in [4.78, 5) is 30.1. The standard InChI is InChI=1S/C36H33NO4S/c38-34(26-15-17-29(18-16-26)40-24-10-23-37-21-8-9-22-37)33-31-20-19-30(41-36(39)28-13-6-3-7-14-28)25-32(31)42-35(33)27-11-4-1-2-5-12-27/h1-7,11,13-20,25H,8-10,12,21-24H2. The van der Waals surface area contributed by atoms with Crippen LogP contribution in [0.2, 0.25) is 0 Å². The van der Waals surface area contributed by atoms with Crippen molar-refractivity contribution in [1.82, 2.24) is 4.90 Å². The number of rotatable bonds is 10. The summed E-state index contributed by atoms with van der Waals surface area (Å²) >= 11 is 1.55. The van der Waals surface area contributed by atoms with E-state index >= 15 is 0 Å². The number of nitrogens with zero attached hydrogens (tertiary/aromatic N) is 1. The molecule has 0 N–H and O–H groups in total. The Balaban J connectivity index is 1.24. The van der Waals surface area contributed by atoms with E-state index in [4.69, 9.17) is 9.47 Å². The molecular weight excluding hydrogens is 542 g/mol. The summed E-state index contributed by atoms with van der Waals surface area (Å²) in [6, 6.07) is 21.9. The van der Waals surface area contributed by atoms with Gasteiger partial charge in [-0.3, -0.25) is 4.79 Å². The van der Waals surface area contributed by atoms with Crippen LogP contribution in [0, 0.1) is 0 Å². The van der Waals surface area contributed by atoms with Gasteiger partial charge in [-0.1, -0.05) is 48.6 Å². The summed E-state index contributed by atoms with van der Waals surface area (Å²) in [5.74, 6) is 0.770. The average Bonchev–Trinajstić information content (AvgIpc) is 3.59. The Morgan fingerprint density at radius 1 is 0.833 bits per heavy atom. The van der Waals surface area contributed by atoms with E-state index in [9.17, 15) is 9.59 Å². The maximum Gasteiger partial charge on any atom is 0.343 e. The third-order valence-electron chi connectivity index (χ3n) is 7.60. The zero-order chi connectivity index (χ0) is 28.7. The lowest BCUT2D eigenvalue weighted by atomic mass is 9.96. The zero-order valence-electron chi connectivity index (χ0n) is 23.5. The third-order valence-corrected chi connectivity index (χ3v) is 8.82. The van der Waals surface area contributed by atoms with E-state index in [1.807, 2.05) is 60.7 Å². The fourth-order valence-electron chi connectivity index (χ4n) is 5.41. The van der Waals surface area contributed by atoms with Crippen molar-refractivity contribution in [3.63, 3.8) is 0 Å². The number of fused-ring (bicyclic) bond motifs is 1. The van der Waals surface area contributed by atoms with Crippen molar-refractivity contribution in [1.29, 1.82) is 0 Å². The number of benzene rings is 3. The van der Waals surface area contributed by atoms with Crippen molar-refractivity contribution in [2.45, 2.75) is 25.7 Å². The number of hydrogen-bond acceptors (Lipinski definition) is 6. The monoisotopic (exact) mass is 575 g/mol. The Kier molecular flexibility index (Phi) is 8.73. The minimum Gasteiger partial charge on any atom is -0.494 e. The normalized spacial score (nSPS) is 15.0. The van der Waals surface area contributed by atoms with Crippen LogP contribution in [0.1, 0.15) is 56.8 Å². The van der Waals surface area contributed by atoms with Gasteiger partial charge in [0.05, 0.1) is 12.2 Å². The van der Waals surface area contributed by atoms with E-state index in [-0.39, 0.29) is 5.78 Å². The summed E-state index contributed by atoms with van der Waals surface area (Å²) in [7, 11) is 0. The van der Waals surface area contributed by atoms with Gasteiger partial charge in [0.2, 0.25) is 0 Å². The van der Waals surface area contributed by atoms with Crippen molar-refractivity contribution in [2.75, 3.05) is 26.2 Å². The Bertz CT molecular complexity index is 1660. The van der Waals surface area contributed by atoms with Gasteiger partial charge in [0.25, 0.3) is 0 Å². The van der Waals surface area contributed by atoms with Crippen molar-refractivity contribution in [2.24, 2.45) is 0 Å². The summed E-state index contributed by atoms with van der Waals surface area (Å²) in [5, 5.41) is 0.847. The number of hydrogen-bond donors (Lipinski definition) is 0. The van der Waals surface area contributed by atoms with Gasteiger partial charge >= 0.3 is 5.97 Å². The Morgan fingerprint density at radius 3 is 2.43 bits per heavy atom. The molecule has 0 bridgehead atoms. The first-order valence-corrected chi connectivity index (χ1v) is 15.3. The molecule has 0 spiro atoms. The number of thiophene rings is 1. The summed E-state index contributed by atoms with van der Waals surface area (Å²) in [6.45, 7) is 4.12. The largest absolute Gasteiger partial charge is 0.494 e. The molecule has 42 heavy (non-hydrogen) atoms. The first kappa shape index (κ1) is 27.9. The number of esters is 1. The molecule has 1 aromatic heterocycles. The highest BCUT2D eigenvalue weighted by atomic mass is 32.1. The fourth-order valence-corrected chi connectivity index (χ4v) is 6.67.